The first-order chi connectivity index (χ1) is 17.4. The summed E-state index contributed by atoms with van der Waals surface area (Å²) >= 11 is 0. The van der Waals surface area contributed by atoms with Crippen LogP contribution in [0.25, 0.3) is 0 Å². The van der Waals surface area contributed by atoms with Crippen LogP contribution >= 0.6 is 0 Å². The normalized spacial score (nSPS) is 19.4. The van der Waals surface area contributed by atoms with Crippen molar-refractivity contribution in [2.75, 3.05) is 19.7 Å². The third kappa shape index (κ3) is 5.79. The van der Waals surface area contributed by atoms with Crippen LogP contribution in [0.1, 0.15) is 61.0 Å². The van der Waals surface area contributed by atoms with Gasteiger partial charge in [0.05, 0.1) is 23.2 Å². The molecule has 3 heterocycles. The van der Waals surface area contributed by atoms with E-state index >= 15 is 0 Å². The van der Waals surface area contributed by atoms with E-state index in [0.717, 1.165) is 35.5 Å². The largest absolute Gasteiger partial charge is 0.493 e. The Bertz CT molecular complexity index is 1280. The zero-order valence-electron chi connectivity index (χ0n) is 21.1. The van der Waals surface area contributed by atoms with Gasteiger partial charge in [0.1, 0.15) is 5.75 Å². The molecule has 2 atom stereocenters. The molecule has 0 bridgehead atoms. The molecule has 2 aromatic carbocycles. The minimum atomic E-state index is -3.59. The number of sulfonamides is 1. The minimum absolute atomic E-state index is 0.0543. The quantitative estimate of drug-likeness (QED) is 0.496. The lowest BCUT2D eigenvalue weighted by Gasteiger charge is -2.29. The van der Waals surface area contributed by atoms with E-state index in [1.807, 2.05) is 24.7 Å². The van der Waals surface area contributed by atoms with E-state index in [0.29, 0.717) is 13.0 Å². The summed E-state index contributed by atoms with van der Waals surface area (Å²) in [6.45, 7) is 7.71. The van der Waals surface area contributed by atoms with Gasteiger partial charge < -0.3 is 4.74 Å². The summed E-state index contributed by atoms with van der Waals surface area (Å²) in [6.07, 6.45) is 7.10. The lowest BCUT2D eigenvalue weighted by molar-refractivity contribution is 0.219. The topological polar surface area (TPSA) is 89.4 Å². The maximum Gasteiger partial charge on any atom is 0.240 e. The van der Waals surface area contributed by atoms with Crippen molar-refractivity contribution >= 4 is 10.0 Å². The van der Waals surface area contributed by atoms with E-state index in [4.69, 9.17) is 4.74 Å². The molecule has 8 nitrogen and oxygen atoms in total. The predicted molar refractivity (Wildman–Crippen MR) is 139 cm³/mol. The SMILES string of the molecule is Cc1ccc(S(=O)(=O)NC(C)Cc2cn(C3CCOc4cc(CN5CCCCC5)ccc43)nn2)cc1. The minimum Gasteiger partial charge on any atom is -0.493 e. The first kappa shape index (κ1) is 24.9. The zero-order chi connectivity index (χ0) is 25.1. The Morgan fingerprint density at radius 1 is 1.11 bits per heavy atom. The van der Waals surface area contributed by atoms with Crippen LogP contribution in [-0.4, -0.2) is 54.0 Å². The number of fused-ring (bicyclic) bond motifs is 1. The highest BCUT2D eigenvalue weighted by molar-refractivity contribution is 7.89. The summed E-state index contributed by atoms with van der Waals surface area (Å²) in [5.74, 6) is 0.928. The molecule has 1 aromatic heterocycles. The molecule has 0 saturated carbocycles. The van der Waals surface area contributed by atoms with Crippen LogP contribution in [0.5, 0.6) is 5.75 Å². The van der Waals surface area contributed by atoms with Crippen LogP contribution in [0.15, 0.2) is 53.6 Å². The summed E-state index contributed by atoms with van der Waals surface area (Å²) in [5, 5.41) is 8.74. The second-order valence-electron chi connectivity index (χ2n) is 10.1. The first-order valence-electron chi connectivity index (χ1n) is 12.8. The molecule has 0 radical (unpaired) electrons. The number of hydrogen-bond donors (Lipinski definition) is 1. The second-order valence-corrected chi connectivity index (χ2v) is 11.8. The molecule has 1 N–H and O–H groups in total. The molecular weight excluding hydrogens is 474 g/mol. The lowest BCUT2D eigenvalue weighted by atomic mass is 9.98. The Labute approximate surface area is 213 Å². The molecule has 9 heteroatoms. The van der Waals surface area contributed by atoms with E-state index < -0.39 is 10.0 Å². The molecule has 0 aliphatic carbocycles. The number of ether oxygens (including phenoxy) is 1. The number of aromatic nitrogens is 3. The van der Waals surface area contributed by atoms with Gasteiger partial charge in [-0.3, -0.25) is 4.90 Å². The van der Waals surface area contributed by atoms with Crippen LogP contribution in [0.2, 0.25) is 0 Å². The fourth-order valence-corrected chi connectivity index (χ4v) is 6.37. The van der Waals surface area contributed by atoms with Gasteiger partial charge in [-0.05, 0) is 63.5 Å². The highest BCUT2D eigenvalue weighted by atomic mass is 32.2. The smallest absolute Gasteiger partial charge is 0.240 e. The fraction of sp³-hybridized carbons (Fsp3) is 0.481. The monoisotopic (exact) mass is 509 g/mol. The Hall–Kier alpha value is -2.75. The molecule has 0 spiro atoms. The Morgan fingerprint density at radius 3 is 2.67 bits per heavy atom. The van der Waals surface area contributed by atoms with Crippen molar-refractivity contribution in [1.29, 1.82) is 0 Å². The Morgan fingerprint density at radius 2 is 1.89 bits per heavy atom. The van der Waals surface area contributed by atoms with Crippen molar-refractivity contribution in [2.24, 2.45) is 0 Å². The van der Waals surface area contributed by atoms with Gasteiger partial charge >= 0.3 is 0 Å². The van der Waals surface area contributed by atoms with Crippen molar-refractivity contribution in [1.82, 2.24) is 24.6 Å². The van der Waals surface area contributed by atoms with Crippen LogP contribution in [-0.2, 0) is 23.0 Å². The van der Waals surface area contributed by atoms with E-state index in [-0.39, 0.29) is 17.0 Å². The molecule has 3 aromatic rings. The van der Waals surface area contributed by atoms with Crippen LogP contribution in [0.4, 0.5) is 0 Å². The molecule has 5 rings (SSSR count). The molecule has 36 heavy (non-hydrogen) atoms. The molecule has 2 aliphatic heterocycles. The molecule has 2 aliphatic rings. The van der Waals surface area contributed by atoms with Crippen molar-refractivity contribution < 1.29 is 13.2 Å². The average Bonchev–Trinajstić information content (AvgIpc) is 3.32. The van der Waals surface area contributed by atoms with Crippen molar-refractivity contribution in [3.8, 4) is 5.75 Å². The van der Waals surface area contributed by atoms with Gasteiger partial charge in [-0.2, -0.15) is 0 Å². The zero-order valence-corrected chi connectivity index (χ0v) is 21.9. The van der Waals surface area contributed by atoms with Crippen molar-refractivity contribution in [3.05, 3.63) is 71.0 Å². The van der Waals surface area contributed by atoms with Crippen LogP contribution in [0, 0.1) is 6.92 Å². The van der Waals surface area contributed by atoms with Crippen molar-refractivity contribution in [3.63, 3.8) is 0 Å². The molecule has 1 fully saturated rings. The molecule has 192 valence electrons. The second kappa shape index (κ2) is 10.7. The first-order valence-corrected chi connectivity index (χ1v) is 14.3. The summed E-state index contributed by atoms with van der Waals surface area (Å²) in [6, 6.07) is 13.1. The number of benzene rings is 2. The third-order valence-corrected chi connectivity index (χ3v) is 8.63. The molecule has 1 saturated heterocycles. The maximum atomic E-state index is 12.7. The Balaban J connectivity index is 1.24. The predicted octanol–water partition coefficient (Wildman–Crippen LogP) is 3.85. The van der Waals surface area contributed by atoms with Gasteiger partial charge in [-0.25, -0.2) is 17.8 Å². The number of aryl methyl sites for hydroxylation is 1. The van der Waals surface area contributed by atoms with Crippen molar-refractivity contribution in [2.45, 2.75) is 69.5 Å². The maximum absolute atomic E-state index is 12.7. The fourth-order valence-electron chi connectivity index (χ4n) is 5.13. The van der Waals surface area contributed by atoms with Gasteiger partial charge in [0.25, 0.3) is 0 Å². The average molecular weight is 510 g/mol. The van der Waals surface area contributed by atoms with E-state index in [9.17, 15) is 8.42 Å². The van der Waals surface area contributed by atoms with Crippen LogP contribution < -0.4 is 9.46 Å². The number of likely N-dealkylation sites (tertiary alicyclic amines) is 1. The lowest BCUT2D eigenvalue weighted by Crippen LogP contribution is -2.34. The molecule has 2 unspecified atom stereocenters. The molecule has 0 amide bonds. The number of piperidine rings is 1. The van der Waals surface area contributed by atoms with E-state index in [2.05, 4.69) is 38.1 Å². The van der Waals surface area contributed by atoms with Gasteiger partial charge in [0.15, 0.2) is 0 Å². The third-order valence-electron chi connectivity index (χ3n) is 7.02. The summed E-state index contributed by atoms with van der Waals surface area (Å²) < 4.78 is 36.1. The highest BCUT2D eigenvalue weighted by Crippen LogP contribution is 2.35. The number of hydrogen-bond acceptors (Lipinski definition) is 6. The number of rotatable bonds is 8. The van der Waals surface area contributed by atoms with Crippen LogP contribution in [0.3, 0.4) is 0 Å². The Kier molecular flexibility index (Phi) is 7.41. The summed E-state index contributed by atoms with van der Waals surface area (Å²) in [5.41, 5.74) is 4.17. The van der Waals surface area contributed by atoms with Gasteiger partial charge in [-0.15, -0.1) is 5.10 Å². The highest BCUT2D eigenvalue weighted by Gasteiger charge is 2.26. The number of nitrogens with zero attached hydrogens (tertiary/aromatic N) is 4. The summed E-state index contributed by atoms with van der Waals surface area (Å²) in [4.78, 5) is 2.78. The number of nitrogens with one attached hydrogen (secondary N) is 1. The summed E-state index contributed by atoms with van der Waals surface area (Å²) in [7, 11) is -3.59. The molecular formula is C27H35N5O3S. The van der Waals surface area contributed by atoms with Gasteiger partial charge in [-0.1, -0.05) is 41.5 Å². The van der Waals surface area contributed by atoms with Gasteiger partial charge in [0.2, 0.25) is 10.0 Å². The van der Waals surface area contributed by atoms with E-state index in [1.54, 1.807) is 24.3 Å². The standard InChI is InChI=1S/C27H35N5O3S/c1-20-6-9-24(10-7-20)36(33,34)29-21(2)16-23-19-32(30-28-23)26-12-15-35-27-17-22(8-11-25(26)27)18-31-13-4-3-5-14-31/h6-11,17,19,21,26,29H,3-5,12-16,18H2,1-2H3. The van der Waals surface area contributed by atoms with Gasteiger partial charge in [0, 0.05) is 37.2 Å². The van der Waals surface area contributed by atoms with E-state index in [1.165, 1.54) is 37.9 Å².